The molecular weight excluding hydrogens is 371 g/mol. The van der Waals surface area contributed by atoms with Crippen LogP contribution in [0.3, 0.4) is 0 Å². The maximum atomic E-state index is 13.4. The van der Waals surface area contributed by atoms with Gasteiger partial charge in [0.05, 0.1) is 5.41 Å². The van der Waals surface area contributed by atoms with Gasteiger partial charge >= 0.3 is 0 Å². The van der Waals surface area contributed by atoms with Crippen LogP contribution in [0, 0.1) is 17.2 Å². The van der Waals surface area contributed by atoms with E-state index in [0.717, 1.165) is 37.9 Å². The highest BCUT2D eigenvalue weighted by Gasteiger charge is 2.49. The third-order valence-electron chi connectivity index (χ3n) is 4.87. The number of benzene rings is 1. The molecular formula is C16H21BrClFN2O. The summed E-state index contributed by atoms with van der Waals surface area (Å²) in [5.41, 5.74) is 0.535. The largest absolute Gasteiger partial charge is 0.351 e. The number of hydrogen-bond donors (Lipinski definition) is 2. The molecule has 2 atom stereocenters. The smallest absolute Gasteiger partial charge is 0.228 e. The van der Waals surface area contributed by atoms with Crippen molar-refractivity contribution < 1.29 is 9.18 Å². The Bertz CT molecular complexity index is 537. The van der Waals surface area contributed by atoms with Gasteiger partial charge in [-0.1, -0.05) is 28.8 Å². The molecule has 0 unspecified atom stereocenters. The van der Waals surface area contributed by atoms with E-state index in [1.54, 1.807) is 0 Å². The summed E-state index contributed by atoms with van der Waals surface area (Å²) in [6.45, 7) is 2.10. The van der Waals surface area contributed by atoms with Crippen molar-refractivity contribution in [1.29, 1.82) is 0 Å². The number of nitrogens with one attached hydrogen (secondary N) is 2. The molecule has 1 amide bonds. The molecule has 22 heavy (non-hydrogen) atoms. The average Bonchev–Trinajstić information content (AvgIpc) is 2.88. The number of amides is 1. The molecule has 0 radical (unpaired) electrons. The minimum absolute atomic E-state index is 0. The van der Waals surface area contributed by atoms with Crippen LogP contribution in [0.2, 0.25) is 0 Å². The van der Waals surface area contributed by atoms with Crippen LogP contribution < -0.4 is 10.6 Å². The van der Waals surface area contributed by atoms with Crippen molar-refractivity contribution in [2.75, 3.05) is 13.1 Å². The predicted octanol–water partition coefficient (Wildman–Crippen LogP) is 3.41. The fourth-order valence-electron chi connectivity index (χ4n) is 3.76. The summed E-state index contributed by atoms with van der Waals surface area (Å²) in [6.07, 6.45) is 4.44. The zero-order valence-corrected chi connectivity index (χ0v) is 14.7. The van der Waals surface area contributed by atoms with Crippen LogP contribution in [-0.2, 0) is 11.3 Å². The first-order valence-electron chi connectivity index (χ1n) is 7.54. The quantitative estimate of drug-likeness (QED) is 0.829. The topological polar surface area (TPSA) is 41.1 Å². The monoisotopic (exact) mass is 390 g/mol. The zero-order valence-electron chi connectivity index (χ0n) is 12.3. The standard InChI is InChI=1S/C16H20BrFN2O.ClH/c17-13-5-11(6-14(18)7-13)8-20-15(21)16-4-2-1-3-12(16)9-19-10-16;/h5-7,12,19H,1-4,8-10H2,(H,20,21);1H/t12-,16+;/m0./s1. The Morgan fingerprint density at radius 2 is 2.23 bits per heavy atom. The number of halogens is 3. The Morgan fingerprint density at radius 3 is 3.00 bits per heavy atom. The highest BCUT2D eigenvalue weighted by Crippen LogP contribution is 2.43. The number of carbonyl (C=O) groups excluding carboxylic acids is 1. The van der Waals surface area contributed by atoms with Crippen LogP contribution in [-0.4, -0.2) is 19.0 Å². The van der Waals surface area contributed by atoms with Gasteiger partial charge in [-0.3, -0.25) is 4.79 Å². The summed E-state index contributed by atoms with van der Waals surface area (Å²) < 4.78 is 14.1. The van der Waals surface area contributed by atoms with Crippen molar-refractivity contribution in [2.45, 2.75) is 32.2 Å². The molecule has 1 saturated heterocycles. The van der Waals surface area contributed by atoms with Gasteiger partial charge in [-0.05, 0) is 49.1 Å². The van der Waals surface area contributed by atoms with E-state index in [4.69, 9.17) is 0 Å². The van der Waals surface area contributed by atoms with E-state index in [9.17, 15) is 9.18 Å². The minimum Gasteiger partial charge on any atom is -0.351 e. The van der Waals surface area contributed by atoms with Gasteiger partial charge in [0.1, 0.15) is 5.82 Å². The van der Waals surface area contributed by atoms with Gasteiger partial charge in [-0.15, -0.1) is 12.4 Å². The van der Waals surface area contributed by atoms with Crippen LogP contribution in [0.15, 0.2) is 22.7 Å². The van der Waals surface area contributed by atoms with Crippen LogP contribution >= 0.6 is 28.3 Å². The highest BCUT2D eigenvalue weighted by atomic mass is 79.9. The Labute approximate surface area is 145 Å². The van der Waals surface area contributed by atoms with Gasteiger partial charge in [0.2, 0.25) is 5.91 Å². The molecule has 3 rings (SSSR count). The average molecular weight is 392 g/mol. The van der Waals surface area contributed by atoms with Crippen molar-refractivity contribution in [1.82, 2.24) is 10.6 Å². The van der Waals surface area contributed by atoms with Crippen LogP contribution in [0.4, 0.5) is 4.39 Å². The Kier molecular flexibility index (Phi) is 5.86. The molecule has 2 fully saturated rings. The summed E-state index contributed by atoms with van der Waals surface area (Å²) in [5, 5.41) is 6.39. The lowest BCUT2D eigenvalue weighted by molar-refractivity contribution is -0.134. The maximum absolute atomic E-state index is 13.4. The lowest BCUT2D eigenvalue weighted by Crippen LogP contribution is -2.47. The molecule has 122 valence electrons. The number of fused-ring (bicyclic) bond motifs is 1. The van der Waals surface area contributed by atoms with Crippen molar-refractivity contribution in [3.63, 3.8) is 0 Å². The molecule has 2 aliphatic rings. The van der Waals surface area contributed by atoms with Crippen molar-refractivity contribution >= 4 is 34.2 Å². The second kappa shape index (κ2) is 7.28. The van der Waals surface area contributed by atoms with E-state index >= 15 is 0 Å². The lowest BCUT2D eigenvalue weighted by atomic mass is 9.67. The van der Waals surface area contributed by atoms with Gasteiger partial charge in [0.25, 0.3) is 0 Å². The van der Waals surface area contributed by atoms with E-state index in [0.29, 0.717) is 16.9 Å². The first-order valence-corrected chi connectivity index (χ1v) is 8.33. The van der Waals surface area contributed by atoms with Gasteiger partial charge < -0.3 is 10.6 Å². The Balaban J connectivity index is 0.00000176. The van der Waals surface area contributed by atoms with Gasteiger partial charge in [-0.2, -0.15) is 0 Å². The van der Waals surface area contributed by atoms with E-state index in [-0.39, 0.29) is 29.5 Å². The van der Waals surface area contributed by atoms with Crippen LogP contribution in [0.5, 0.6) is 0 Å². The van der Waals surface area contributed by atoms with Gasteiger partial charge in [0.15, 0.2) is 0 Å². The number of rotatable bonds is 3. The summed E-state index contributed by atoms with van der Waals surface area (Å²) in [7, 11) is 0. The molecule has 2 N–H and O–H groups in total. The molecule has 0 spiro atoms. The molecule has 1 aromatic carbocycles. The van der Waals surface area contributed by atoms with E-state index in [1.165, 1.54) is 18.6 Å². The molecule has 1 saturated carbocycles. The van der Waals surface area contributed by atoms with E-state index in [1.807, 2.05) is 6.07 Å². The fraction of sp³-hybridized carbons (Fsp3) is 0.562. The summed E-state index contributed by atoms with van der Waals surface area (Å²) in [6, 6.07) is 4.72. The number of carbonyl (C=O) groups is 1. The molecule has 1 aliphatic heterocycles. The third-order valence-corrected chi connectivity index (χ3v) is 5.32. The van der Waals surface area contributed by atoms with Crippen LogP contribution in [0.25, 0.3) is 0 Å². The molecule has 0 aromatic heterocycles. The molecule has 3 nitrogen and oxygen atoms in total. The molecule has 0 bridgehead atoms. The SMILES string of the molecule is Cl.O=C(NCc1cc(F)cc(Br)c1)[C@@]12CCCC[C@H]1CNC2. The van der Waals surface area contributed by atoms with Gasteiger partial charge in [0, 0.05) is 17.6 Å². The molecule has 1 heterocycles. The third kappa shape index (κ3) is 3.47. The minimum atomic E-state index is -0.287. The van der Waals surface area contributed by atoms with E-state index < -0.39 is 0 Å². The van der Waals surface area contributed by atoms with Crippen molar-refractivity contribution in [2.24, 2.45) is 11.3 Å². The predicted molar refractivity (Wildman–Crippen MR) is 90.5 cm³/mol. The van der Waals surface area contributed by atoms with Crippen molar-refractivity contribution in [3.8, 4) is 0 Å². The second-order valence-electron chi connectivity index (χ2n) is 6.19. The lowest BCUT2D eigenvalue weighted by Gasteiger charge is -2.37. The molecule has 1 aliphatic carbocycles. The maximum Gasteiger partial charge on any atom is 0.228 e. The summed E-state index contributed by atoms with van der Waals surface area (Å²) in [5.74, 6) is 0.285. The fourth-order valence-corrected chi connectivity index (χ4v) is 4.27. The highest BCUT2D eigenvalue weighted by molar-refractivity contribution is 9.10. The van der Waals surface area contributed by atoms with Crippen molar-refractivity contribution in [3.05, 3.63) is 34.1 Å². The second-order valence-corrected chi connectivity index (χ2v) is 7.11. The molecule has 6 heteroatoms. The first-order chi connectivity index (χ1) is 10.1. The summed E-state index contributed by atoms with van der Waals surface area (Å²) >= 11 is 3.28. The normalized spacial score (nSPS) is 26.9. The van der Waals surface area contributed by atoms with Crippen LogP contribution in [0.1, 0.15) is 31.2 Å². The number of hydrogen-bond acceptors (Lipinski definition) is 2. The molecule has 1 aromatic rings. The first kappa shape index (κ1) is 17.7. The Hall–Kier alpha value is -0.650. The van der Waals surface area contributed by atoms with Gasteiger partial charge in [-0.25, -0.2) is 4.39 Å². The van der Waals surface area contributed by atoms with E-state index in [2.05, 4.69) is 26.6 Å². The Morgan fingerprint density at radius 1 is 1.41 bits per heavy atom. The zero-order chi connectivity index (χ0) is 14.9. The summed E-state index contributed by atoms with van der Waals surface area (Å²) in [4.78, 5) is 12.7.